The normalized spacial score (nSPS) is 15.7. The predicted octanol–water partition coefficient (Wildman–Crippen LogP) is 1.31. The molecule has 3 heterocycles. The standard InChI is InChI=1S/C15H20N4O3S2/c1-9(2)14-16-10(8-23-14)6-19-5-4-12-11(7-19)13(20)18-15(17-12)24(3,21)22/h8-9H,4-7H2,1-3H3,(H,17,18,20). The molecule has 0 saturated carbocycles. The van der Waals surface area contributed by atoms with Gasteiger partial charge < -0.3 is 0 Å². The molecule has 0 fully saturated rings. The zero-order chi connectivity index (χ0) is 17.5. The van der Waals surface area contributed by atoms with E-state index < -0.39 is 9.84 Å². The van der Waals surface area contributed by atoms with Crippen molar-refractivity contribution >= 4 is 21.2 Å². The van der Waals surface area contributed by atoms with Gasteiger partial charge in [-0.15, -0.1) is 11.3 Å². The minimum atomic E-state index is -3.52. The van der Waals surface area contributed by atoms with Gasteiger partial charge in [0.25, 0.3) is 5.56 Å². The van der Waals surface area contributed by atoms with Crippen LogP contribution in [0.3, 0.4) is 0 Å². The topological polar surface area (TPSA) is 96.0 Å². The summed E-state index contributed by atoms with van der Waals surface area (Å²) in [5.74, 6) is 0.410. The number of aromatic nitrogens is 3. The molecule has 0 amide bonds. The van der Waals surface area contributed by atoms with Gasteiger partial charge in [0.1, 0.15) is 0 Å². The molecule has 2 aromatic heterocycles. The smallest absolute Gasteiger partial charge is 0.256 e. The van der Waals surface area contributed by atoms with Crippen molar-refractivity contribution in [2.75, 3.05) is 12.8 Å². The predicted molar refractivity (Wildman–Crippen MR) is 92.0 cm³/mol. The molecule has 0 atom stereocenters. The molecule has 3 rings (SSSR count). The van der Waals surface area contributed by atoms with Gasteiger partial charge in [-0.2, -0.15) is 0 Å². The summed E-state index contributed by atoms with van der Waals surface area (Å²) < 4.78 is 23.2. The number of rotatable bonds is 4. The molecule has 0 aliphatic carbocycles. The molecule has 24 heavy (non-hydrogen) atoms. The van der Waals surface area contributed by atoms with Crippen molar-refractivity contribution in [3.05, 3.63) is 37.7 Å². The Morgan fingerprint density at radius 1 is 1.38 bits per heavy atom. The lowest BCUT2D eigenvalue weighted by atomic mass is 10.1. The van der Waals surface area contributed by atoms with Crippen LogP contribution in [0.2, 0.25) is 0 Å². The van der Waals surface area contributed by atoms with Gasteiger partial charge in [0.15, 0.2) is 0 Å². The second-order valence-electron chi connectivity index (χ2n) is 6.36. The maximum absolute atomic E-state index is 12.2. The van der Waals surface area contributed by atoms with Gasteiger partial charge in [-0.05, 0) is 0 Å². The molecule has 0 spiro atoms. The van der Waals surface area contributed by atoms with Crippen LogP contribution in [-0.4, -0.2) is 41.1 Å². The highest BCUT2D eigenvalue weighted by atomic mass is 32.2. The third-order valence-corrected chi connectivity index (χ3v) is 6.02. The summed E-state index contributed by atoms with van der Waals surface area (Å²) in [6.07, 6.45) is 1.60. The van der Waals surface area contributed by atoms with Crippen LogP contribution in [0, 0.1) is 0 Å². The van der Waals surface area contributed by atoms with E-state index in [9.17, 15) is 13.2 Å². The molecule has 1 aliphatic rings. The molecule has 1 N–H and O–H groups in total. The van der Waals surface area contributed by atoms with E-state index >= 15 is 0 Å². The molecule has 1 aliphatic heterocycles. The number of aromatic amines is 1. The summed E-state index contributed by atoms with van der Waals surface area (Å²) in [5.41, 5.74) is 1.76. The van der Waals surface area contributed by atoms with Crippen molar-refractivity contribution in [3.8, 4) is 0 Å². The van der Waals surface area contributed by atoms with E-state index in [0.717, 1.165) is 23.5 Å². The fraction of sp³-hybridized carbons (Fsp3) is 0.533. The average molecular weight is 368 g/mol. The van der Waals surface area contributed by atoms with Crippen molar-refractivity contribution in [1.29, 1.82) is 0 Å². The fourth-order valence-electron chi connectivity index (χ4n) is 2.66. The molecule has 0 aromatic carbocycles. The number of fused-ring (bicyclic) bond motifs is 1. The Bertz CT molecular complexity index is 915. The van der Waals surface area contributed by atoms with Gasteiger partial charge in [-0.25, -0.2) is 18.4 Å². The lowest BCUT2D eigenvalue weighted by Crippen LogP contribution is -2.36. The lowest BCUT2D eigenvalue weighted by molar-refractivity contribution is 0.238. The number of H-pyrrole nitrogens is 1. The monoisotopic (exact) mass is 368 g/mol. The van der Waals surface area contributed by atoms with E-state index in [2.05, 4.69) is 39.1 Å². The van der Waals surface area contributed by atoms with Crippen molar-refractivity contribution in [2.24, 2.45) is 0 Å². The summed E-state index contributed by atoms with van der Waals surface area (Å²) >= 11 is 1.65. The van der Waals surface area contributed by atoms with Crippen LogP contribution in [0.1, 0.15) is 41.7 Å². The maximum atomic E-state index is 12.2. The SMILES string of the molecule is CC(C)c1nc(CN2CCc3nc(S(C)(=O)=O)[nH]c(=O)c3C2)cs1. The molecule has 9 heteroatoms. The Labute approximate surface area is 144 Å². The van der Waals surface area contributed by atoms with E-state index in [-0.39, 0.29) is 10.7 Å². The molecular formula is C15H20N4O3S2. The number of hydrogen-bond donors (Lipinski definition) is 1. The minimum Gasteiger partial charge on any atom is -0.297 e. The third-order valence-electron chi connectivity index (χ3n) is 3.93. The van der Waals surface area contributed by atoms with Crippen molar-refractivity contribution in [1.82, 2.24) is 19.9 Å². The molecule has 2 aromatic rings. The largest absolute Gasteiger partial charge is 0.297 e. The van der Waals surface area contributed by atoms with Crippen LogP contribution in [0.25, 0.3) is 0 Å². The van der Waals surface area contributed by atoms with Crippen molar-refractivity contribution in [3.63, 3.8) is 0 Å². The molecule has 0 bridgehead atoms. The van der Waals surface area contributed by atoms with E-state index in [1.165, 1.54) is 0 Å². The summed E-state index contributed by atoms with van der Waals surface area (Å²) in [4.78, 5) is 25.5. The summed E-state index contributed by atoms with van der Waals surface area (Å²) in [6.45, 7) is 6.09. The molecule has 0 saturated heterocycles. The van der Waals surface area contributed by atoms with Crippen LogP contribution >= 0.6 is 11.3 Å². The van der Waals surface area contributed by atoms with Gasteiger partial charge in [0.05, 0.1) is 22.0 Å². The van der Waals surface area contributed by atoms with Crippen molar-refractivity contribution in [2.45, 2.75) is 44.4 Å². The summed E-state index contributed by atoms with van der Waals surface area (Å²) in [5, 5.41) is 2.92. The maximum Gasteiger partial charge on any atom is 0.256 e. The Balaban J connectivity index is 1.80. The van der Waals surface area contributed by atoms with Gasteiger partial charge in [-0.1, -0.05) is 13.8 Å². The molecule has 0 radical (unpaired) electrons. The summed E-state index contributed by atoms with van der Waals surface area (Å²) in [7, 11) is -3.52. The van der Waals surface area contributed by atoms with Crippen LogP contribution < -0.4 is 5.56 Å². The van der Waals surface area contributed by atoms with E-state index in [0.29, 0.717) is 36.7 Å². The first-order valence-corrected chi connectivity index (χ1v) is 10.5. The number of nitrogens with zero attached hydrogens (tertiary/aromatic N) is 3. The summed E-state index contributed by atoms with van der Waals surface area (Å²) in [6, 6.07) is 0. The first-order valence-electron chi connectivity index (χ1n) is 7.73. The number of sulfone groups is 1. The Hall–Kier alpha value is -1.58. The quantitative estimate of drug-likeness (QED) is 0.818. The van der Waals surface area contributed by atoms with Gasteiger partial charge >= 0.3 is 0 Å². The minimum absolute atomic E-state index is 0.249. The second-order valence-corrected chi connectivity index (χ2v) is 9.18. The van der Waals surface area contributed by atoms with Gasteiger partial charge in [0.2, 0.25) is 15.0 Å². The molecule has 130 valence electrons. The fourth-order valence-corrected chi connectivity index (χ4v) is 4.04. The number of nitrogens with one attached hydrogen (secondary N) is 1. The first-order chi connectivity index (χ1) is 11.2. The lowest BCUT2D eigenvalue weighted by Gasteiger charge is -2.26. The van der Waals surface area contributed by atoms with E-state index in [1.807, 2.05) is 0 Å². The van der Waals surface area contributed by atoms with Crippen LogP contribution in [0.4, 0.5) is 0 Å². The van der Waals surface area contributed by atoms with Crippen LogP contribution in [0.5, 0.6) is 0 Å². The van der Waals surface area contributed by atoms with Crippen LogP contribution in [-0.2, 0) is 29.3 Å². The zero-order valence-electron chi connectivity index (χ0n) is 13.9. The third kappa shape index (κ3) is 3.57. The molecule has 0 unspecified atom stereocenters. The Morgan fingerprint density at radius 2 is 2.12 bits per heavy atom. The second kappa shape index (κ2) is 6.38. The molecular weight excluding hydrogens is 348 g/mol. The van der Waals surface area contributed by atoms with Gasteiger partial charge in [0, 0.05) is 43.6 Å². The number of hydrogen-bond acceptors (Lipinski definition) is 7. The van der Waals surface area contributed by atoms with Gasteiger partial charge in [-0.3, -0.25) is 14.7 Å². The zero-order valence-corrected chi connectivity index (χ0v) is 15.5. The Morgan fingerprint density at radius 3 is 2.75 bits per heavy atom. The highest BCUT2D eigenvalue weighted by Crippen LogP contribution is 2.22. The van der Waals surface area contributed by atoms with E-state index in [4.69, 9.17) is 0 Å². The molecule has 7 nitrogen and oxygen atoms in total. The van der Waals surface area contributed by atoms with E-state index in [1.54, 1.807) is 11.3 Å². The first kappa shape index (κ1) is 17.2. The highest BCUT2D eigenvalue weighted by molar-refractivity contribution is 7.90. The highest BCUT2D eigenvalue weighted by Gasteiger charge is 2.24. The van der Waals surface area contributed by atoms with Crippen molar-refractivity contribution < 1.29 is 8.42 Å². The average Bonchev–Trinajstić information content (AvgIpc) is 2.95. The number of thiazole rings is 1. The van der Waals surface area contributed by atoms with Crippen LogP contribution in [0.15, 0.2) is 15.3 Å². The Kier molecular flexibility index (Phi) is 4.58.